The Labute approximate surface area is 180 Å². The van der Waals surface area contributed by atoms with Crippen LogP contribution in [0.5, 0.6) is 0 Å². The van der Waals surface area contributed by atoms with Crippen LogP contribution in [0.1, 0.15) is 110 Å². The zero-order chi connectivity index (χ0) is 20.6. The van der Waals surface area contributed by atoms with E-state index in [0.29, 0.717) is 13.2 Å². The minimum atomic E-state index is 0.0721. The first-order valence-corrected chi connectivity index (χ1v) is 12.8. The average molecular weight is 413 g/mol. The third kappa shape index (κ3) is 10.1. The SMILES string of the molecule is CCCCCCCCCCCCCCCCO[C@@H]1CO[C@H]2[C@@H]1OC[C@H]2OCCC. The Bertz CT molecular complexity index is 376. The Hall–Kier alpha value is -0.160. The number of rotatable bonds is 19. The van der Waals surface area contributed by atoms with Crippen LogP contribution in [0.25, 0.3) is 0 Å². The minimum absolute atomic E-state index is 0.0721. The van der Waals surface area contributed by atoms with Crippen LogP contribution >= 0.6 is 0 Å². The van der Waals surface area contributed by atoms with Crippen LogP contribution in [0.15, 0.2) is 0 Å². The molecule has 0 amide bonds. The van der Waals surface area contributed by atoms with Gasteiger partial charge < -0.3 is 18.9 Å². The Morgan fingerprint density at radius 2 is 0.931 bits per heavy atom. The van der Waals surface area contributed by atoms with Crippen molar-refractivity contribution in [2.75, 3.05) is 26.4 Å². The van der Waals surface area contributed by atoms with Gasteiger partial charge in [-0.1, -0.05) is 97.3 Å². The summed E-state index contributed by atoms with van der Waals surface area (Å²) in [5, 5.41) is 0. The van der Waals surface area contributed by atoms with Crippen molar-refractivity contribution in [2.45, 2.75) is 135 Å². The molecule has 0 unspecified atom stereocenters. The van der Waals surface area contributed by atoms with Crippen LogP contribution < -0.4 is 0 Å². The zero-order valence-corrected chi connectivity index (χ0v) is 19.4. The number of fused-ring (bicyclic) bond motifs is 1. The zero-order valence-electron chi connectivity index (χ0n) is 19.4. The van der Waals surface area contributed by atoms with Crippen LogP contribution in [0, 0.1) is 0 Å². The van der Waals surface area contributed by atoms with Gasteiger partial charge in [0.2, 0.25) is 0 Å². The first kappa shape index (κ1) is 25.1. The van der Waals surface area contributed by atoms with Crippen molar-refractivity contribution >= 4 is 0 Å². The highest BCUT2D eigenvalue weighted by atomic mass is 16.6. The van der Waals surface area contributed by atoms with Gasteiger partial charge in [0.25, 0.3) is 0 Å². The summed E-state index contributed by atoms with van der Waals surface area (Å²) in [5.74, 6) is 0. The predicted octanol–water partition coefficient (Wildman–Crippen LogP) is 6.45. The molecule has 0 aromatic heterocycles. The second-order valence-electron chi connectivity index (χ2n) is 9.01. The fourth-order valence-electron chi connectivity index (χ4n) is 4.52. The van der Waals surface area contributed by atoms with Crippen LogP contribution in [-0.2, 0) is 18.9 Å². The molecule has 172 valence electrons. The van der Waals surface area contributed by atoms with E-state index in [1.54, 1.807) is 0 Å². The molecule has 0 saturated carbocycles. The standard InChI is InChI=1S/C25H48O4/c1-3-5-6-7-8-9-10-11-12-13-14-15-16-17-19-27-23-21-29-24-22(26-18-4-2)20-28-25(23)24/h22-25H,3-21H2,1-2H3/t22-,23-,24-,25-/m1/s1. The molecule has 0 N–H and O–H groups in total. The summed E-state index contributed by atoms with van der Waals surface area (Å²) in [6, 6.07) is 0. The van der Waals surface area contributed by atoms with Gasteiger partial charge in [-0.15, -0.1) is 0 Å². The Kier molecular flexibility index (Phi) is 14.3. The van der Waals surface area contributed by atoms with E-state index in [2.05, 4.69) is 13.8 Å². The summed E-state index contributed by atoms with van der Waals surface area (Å²) in [5.41, 5.74) is 0. The lowest BCUT2D eigenvalue weighted by molar-refractivity contribution is -0.0506. The number of ether oxygens (including phenoxy) is 4. The fraction of sp³-hybridized carbons (Fsp3) is 1.00. The molecule has 0 radical (unpaired) electrons. The molecule has 0 aromatic rings. The summed E-state index contributed by atoms with van der Waals surface area (Å²) >= 11 is 0. The maximum Gasteiger partial charge on any atom is 0.115 e. The van der Waals surface area contributed by atoms with Gasteiger partial charge in [-0.3, -0.25) is 0 Å². The van der Waals surface area contributed by atoms with E-state index in [-0.39, 0.29) is 24.4 Å². The van der Waals surface area contributed by atoms with Crippen molar-refractivity contribution in [1.29, 1.82) is 0 Å². The molecule has 29 heavy (non-hydrogen) atoms. The molecule has 0 aliphatic carbocycles. The second-order valence-corrected chi connectivity index (χ2v) is 9.01. The normalized spacial score (nSPS) is 26.3. The summed E-state index contributed by atoms with van der Waals surface area (Å²) in [7, 11) is 0. The maximum absolute atomic E-state index is 6.07. The molecule has 2 saturated heterocycles. The van der Waals surface area contributed by atoms with Crippen LogP contribution in [0.4, 0.5) is 0 Å². The molecular weight excluding hydrogens is 364 g/mol. The lowest BCUT2D eigenvalue weighted by atomic mass is 10.0. The highest BCUT2D eigenvalue weighted by Crippen LogP contribution is 2.30. The van der Waals surface area contributed by atoms with E-state index < -0.39 is 0 Å². The van der Waals surface area contributed by atoms with E-state index in [0.717, 1.165) is 26.1 Å². The van der Waals surface area contributed by atoms with Gasteiger partial charge >= 0.3 is 0 Å². The number of hydrogen-bond donors (Lipinski definition) is 0. The van der Waals surface area contributed by atoms with E-state index in [1.165, 1.54) is 83.5 Å². The Balaban J connectivity index is 1.34. The highest BCUT2D eigenvalue weighted by molar-refractivity contribution is 4.95. The molecule has 2 fully saturated rings. The molecular formula is C25H48O4. The molecule has 0 spiro atoms. The summed E-state index contributed by atoms with van der Waals surface area (Å²) in [6.45, 7) is 7.33. The highest BCUT2D eigenvalue weighted by Gasteiger charge is 2.48. The molecule has 2 aliphatic rings. The van der Waals surface area contributed by atoms with Crippen LogP contribution in [0.3, 0.4) is 0 Å². The molecule has 4 heteroatoms. The predicted molar refractivity (Wildman–Crippen MR) is 120 cm³/mol. The molecule has 4 nitrogen and oxygen atoms in total. The van der Waals surface area contributed by atoms with Crippen molar-refractivity contribution in [3.05, 3.63) is 0 Å². The van der Waals surface area contributed by atoms with Crippen molar-refractivity contribution in [3.8, 4) is 0 Å². The molecule has 0 aromatic carbocycles. The molecule has 4 atom stereocenters. The van der Waals surface area contributed by atoms with E-state index in [1.807, 2.05) is 0 Å². The quantitative estimate of drug-likeness (QED) is 0.229. The molecule has 0 bridgehead atoms. The lowest BCUT2D eigenvalue weighted by Crippen LogP contribution is -2.34. The van der Waals surface area contributed by atoms with Gasteiger partial charge in [-0.25, -0.2) is 0 Å². The first-order valence-electron chi connectivity index (χ1n) is 12.8. The topological polar surface area (TPSA) is 36.9 Å². The third-order valence-electron chi connectivity index (χ3n) is 6.33. The molecule has 2 aliphatic heterocycles. The van der Waals surface area contributed by atoms with Gasteiger partial charge in [0.1, 0.15) is 24.4 Å². The monoisotopic (exact) mass is 412 g/mol. The lowest BCUT2D eigenvalue weighted by Gasteiger charge is -2.17. The number of unbranched alkanes of at least 4 members (excludes halogenated alkanes) is 13. The van der Waals surface area contributed by atoms with Gasteiger partial charge in [-0.2, -0.15) is 0 Å². The summed E-state index contributed by atoms with van der Waals surface area (Å²) < 4.78 is 23.7. The minimum Gasteiger partial charge on any atom is -0.373 e. The largest absolute Gasteiger partial charge is 0.373 e. The second kappa shape index (κ2) is 16.5. The van der Waals surface area contributed by atoms with Crippen LogP contribution in [-0.4, -0.2) is 50.8 Å². The van der Waals surface area contributed by atoms with Crippen molar-refractivity contribution in [2.24, 2.45) is 0 Å². The average Bonchev–Trinajstić information content (AvgIpc) is 3.32. The fourth-order valence-corrected chi connectivity index (χ4v) is 4.52. The van der Waals surface area contributed by atoms with Crippen molar-refractivity contribution < 1.29 is 18.9 Å². The Morgan fingerprint density at radius 1 is 0.517 bits per heavy atom. The van der Waals surface area contributed by atoms with Crippen LogP contribution in [0.2, 0.25) is 0 Å². The third-order valence-corrected chi connectivity index (χ3v) is 6.33. The molecule has 2 heterocycles. The first-order chi connectivity index (χ1) is 14.4. The van der Waals surface area contributed by atoms with Gasteiger partial charge in [0.15, 0.2) is 0 Å². The van der Waals surface area contributed by atoms with Gasteiger partial charge in [0.05, 0.1) is 13.2 Å². The van der Waals surface area contributed by atoms with E-state index in [4.69, 9.17) is 18.9 Å². The number of hydrogen-bond acceptors (Lipinski definition) is 4. The maximum atomic E-state index is 6.07. The van der Waals surface area contributed by atoms with E-state index in [9.17, 15) is 0 Å². The van der Waals surface area contributed by atoms with Crippen molar-refractivity contribution in [3.63, 3.8) is 0 Å². The van der Waals surface area contributed by atoms with Gasteiger partial charge in [0, 0.05) is 13.2 Å². The smallest absolute Gasteiger partial charge is 0.115 e. The van der Waals surface area contributed by atoms with Gasteiger partial charge in [-0.05, 0) is 12.8 Å². The van der Waals surface area contributed by atoms with Crippen molar-refractivity contribution in [1.82, 2.24) is 0 Å². The summed E-state index contributed by atoms with van der Waals surface area (Å²) in [6.07, 6.45) is 20.8. The van der Waals surface area contributed by atoms with E-state index >= 15 is 0 Å². The molecule has 2 rings (SSSR count). The Morgan fingerprint density at radius 3 is 1.38 bits per heavy atom. The summed E-state index contributed by atoms with van der Waals surface area (Å²) in [4.78, 5) is 0.